The summed E-state index contributed by atoms with van der Waals surface area (Å²) in [7, 11) is 0. The quantitative estimate of drug-likeness (QED) is 0.362. The van der Waals surface area contributed by atoms with Gasteiger partial charge in [-0.1, -0.05) is 0 Å². The standard InChI is InChI=1S/C14H22O5/c1-11(15)9-13(17)5-3-7-19-8-4-6-14(18)10-12(2)16/h9-10,17-18H,3-8H2,1-2H3/b13-9-,14-10?. The van der Waals surface area contributed by atoms with Gasteiger partial charge in [-0.25, -0.2) is 0 Å². The van der Waals surface area contributed by atoms with E-state index in [-0.39, 0.29) is 23.1 Å². The lowest BCUT2D eigenvalue weighted by Gasteiger charge is -2.04. The summed E-state index contributed by atoms with van der Waals surface area (Å²) in [4.78, 5) is 21.3. The first-order valence-corrected chi connectivity index (χ1v) is 6.29. The summed E-state index contributed by atoms with van der Waals surface area (Å²) >= 11 is 0. The second kappa shape index (κ2) is 10.3. The summed E-state index contributed by atoms with van der Waals surface area (Å²) in [6.07, 6.45) is 4.48. The lowest BCUT2D eigenvalue weighted by molar-refractivity contribution is -0.113. The third-order valence-corrected chi connectivity index (χ3v) is 2.18. The third-order valence-electron chi connectivity index (χ3n) is 2.18. The van der Waals surface area contributed by atoms with Gasteiger partial charge in [0, 0.05) is 38.2 Å². The zero-order valence-electron chi connectivity index (χ0n) is 11.5. The van der Waals surface area contributed by atoms with Crippen LogP contribution in [0.5, 0.6) is 0 Å². The van der Waals surface area contributed by atoms with Crippen LogP contribution in [-0.4, -0.2) is 35.0 Å². The van der Waals surface area contributed by atoms with Crippen molar-refractivity contribution in [3.8, 4) is 0 Å². The Morgan fingerprint density at radius 2 is 1.26 bits per heavy atom. The van der Waals surface area contributed by atoms with E-state index >= 15 is 0 Å². The molecule has 0 atom stereocenters. The van der Waals surface area contributed by atoms with Crippen molar-refractivity contribution in [3.63, 3.8) is 0 Å². The van der Waals surface area contributed by atoms with Gasteiger partial charge in [0.15, 0.2) is 11.6 Å². The van der Waals surface area contributed by atoms with Crippen LogP contribution in [0.4, 0.5) is 0 Å². The van der Waals surface area contributed by atoms with E-state index < -0.39 is 0 Å². The maximum Gasteiger partial charge on any atom is 0.155 e. The molecule has 19 heavy (non-hydrogen) atoms. The van der Waals surface area contributed by atoms with Crippen LogP contribution >= 0.6 is 0 Å². The van der Waals surface area contributed by atoms with Crippen molar-refractivity contribution in [3.05, 3.63) is 23.7 Å². The molecule has 0 bridgehead atoms. The molecule has 0 heterocycles. The Bertz CT molecular complexity index is 321. The Balaban J connectivity index is 3.52. The molecule has 0 aliphatic heterocycles. The predicted molar refractivity (Wildman–Crippen MR) is 72.1 cm³/mol. The molecule has 5 nitrogen and oxygen atoms in total. The zero-order chi connectivity index (χ0) is 14.7. The Labute approximate surface area is 113 Å². The highest BCUT2D eigenvalue weighted by Crippen LogP contribution is 2.04. The predicted octanol–water partition coefficient (Wildman–Crippen LogP) is 2.63. The number of aliphatic hydroxyl groups is 2. The monoisotopic (exact) mass is 270 g/mol. The molecule has 5 heteroatoms. The number of ketones is 2. The zero-order valence-corrected chi connectivity index (χ0v) is 11.5. The molecule has 0 aromatic carbocycles. The van der Waals surface area contributed by atoms with Crippen molar-refractivity contribution in [2.75, 3.05) is 13.2 Å². The Morgan fingerprint density at radius 1 is 0.895 bits per heavy atom. The van der Waals surface area contributed by atoms with Gasteiger partial charge in [-0.15, -0.1) is 0 Å². The molecule has 108 valence electrons. The molecule has 0 aromatic rings. The molecule has 0 aliphatic carbocycles. The summed E-state index contributed by atoms with van der Waals surface area (Å²) < 4.78 is 5.30. The van der Waals surface area contributed by atoms with Crippen LogP contribution in [-0.2, 0) is 14.3 Å². The van der Waals surface area contributed by atoms with Crippen molar-refractivity contribution in [1.29, 1.82) is 0 Å². The third kappa shape index (κ3) is 12.6. The lowest BCUT2D eigenvalue weighted by Crippen LogP contribution is -1.99. The van der Waals surface area contributed by atoms with Crippen LogP contribution in [0.2, 0.25) is 0 Å². The van der Waals surface area contributed by atoms with E-state index in [9.17, 15) is 19.8 Å². The number of aliphatic hydroxyl groups excluding tert-OH is 2. The van der Waals surface area contributed by atoms with Crippen LogP contribution in [0, 0.1) is 0 Å². The molecule has 0 rings (SSSR count). The van der Waals surface area contributed by atoms with Gasteiger partial charge in [0.05, 0.1) is 11.5 Å². The molecular weight excluding hydrogens is 248 g/mol. The maximum atomic E-state index is 10.6. The molecular formula is C14H22O5. The highest BCUT2D eigenvalue weighted by molar-refractivity contribution is 5.87. The summed E-state index contributed by atoms with van der Waals surface area (Å²) in [6, 6.07) is 0. The Kier molecular flexibility index (Phi) is 9.44. The number of allylic oxidation sites excluding steroid dienone is 4. The molecule has 0 radical (unpaired) electrons. The first-order chi connectivity index (χ1) is 8.91. The highest BCUT2D eigenvalue weighted by atomic mass is 16.5. The molecule has 0 aliphatic rings. The largest absolute Gasteiger partial charge is 0.512 e. The van der Waals surface area contributed by atoms with Crippen molar-refractivity contribution < 1.29 is 24.5 Å². The average Bonchev–Trinajstić information content (AvgIpc) is 2.25. The smallest absolute Gasteiger partial charge is 0.155 e. The molecule has 0 aromatic heterocycles. The van der Waals surface area contributed by atoms with Gasteiger partial charge in [-0.3, -0.25) is 9.59 Å². The van der Waals surface area contributed by atoms with Crippen molar-refractivity contribution >= 4 is 11.6 Å². The minimum atomic E-state index is -0.175. The van der Waals surface area contributed by atoms with E-state index in [1.807, 2.05) is 0 Å². The first kappa shape index (κ1) is 17.4. The molecule has 0 amide bonds. The van der Waals surface area contributed by atoms with Crippen LogP contribution < -0.4 is 0 Å². The fourth-order valence-electron chi connectivity index (χ4n) is 1.43. The molecule has 0 saturated carbocycles. The van der Waals surface area contributed by atoms with E-state index in [0.29, 0.717) is 38.9 Å². The number of carbonyl (C=O) groups is 2. The van der Waals surface area contributed by atoms with Crippen LogP contribution in [0.25, 0.3) is 0 Å². The summed E-state index contributed by atoms with van der Waals surface area (Å²) in [5.41, 5.74) is 0. The van der Waals surface area contributed by atoms with Gasteiger partial charge in [-0.2, -0.15) is 0 Å². The molecule has 0 saturated heterocycles. The van der Waals surface area contributed by atoms with Crippen LogP contribution in [0.3, 0.4) is 0 Å². The molecule has 0 spiro atoms. The van der Waals surface area contributed by atoms with E-state index in [1.54, 1.807) is 0 Å². The fraction of sp³-hybridized carbons (Fsp3) is 0.571. The number of carbonyl (C=O) groups excluding carboxylic acids is 2. The van der Waals surface area contributed by atoms with E-state index in [1.165, 1.54) is 26.0 Å². The van der Waals surface area contributed by atoms with E-state index in [4.69, 9.17) is 4.74 Å². The summed E-state index contributed by atoms with van der Waals surface area (Å²) in [5, 5.41) is 18.6. The lowest BCUT2D eigenvalue weighted by atomic mass is 10.2. The topological polar surface area (TPSA) is 83.8 Å². The molecule has 2 N–H and O–H groups in total. The van der Waals surface area contributed by atoms with Gasteiger partial charge >= 0.3 is 0 Å². The van der Waals surface area contributed by atoms with Gasteiger partial charge in [0.25, 0.3) is 0 Å². The van der Waals surface area contributed by atoms with Gasteiger partial charge in [-0.05, 0) is 26.7 Å². The van der Waals surface area contributed by atoms with Crippen molar-refractivity contribution in [2.24, 2.45) is 0 Å². The summed E-state index contributed by atoms with van der Waals surface area (Å²) in [5.74, 6) is -0.214. The van der Waals surface area contributed by atoms with E-state index in [2.05, 4.69) is 0 Å². The van der Waals surface area contributed by atoms with Gasteiger partial charge < -0.3 is 14.9 Å². The minimum Gasteiger partial charge on any atom is -0.512 e. The summed E-state index contributed by atoms with van der Waals surface area (Å²) in [6.45, 7) is 3.72. The number of hydrogen-bond acceptors (Lipinski definition) is 5. The number of ether oxygens (including phenoxy) is 1. The fourth-order valence-corrected chi connectivity index (χ4v) is 1.43. The van der Waals surface area contributed by atoms with Crippen molar-refractivity contribution in [2.45, 2.75) is 39.5 Å². The second-order valence-electron chi connectivity index (χ2n) is 4.31. The number of rotatable bonds is 10. The second-order valence-corrected chi connectivity index (χ2v) is 4.31. The molecule has 0 unspecified atom stereocenters. The normalized spacial score (nSPS) is 12.5. The van der Waals surface area contributed by atoms with Crippen LogP contribution in [0.1, 0.15) is 39.5 Å². The van der Waals surface area contributed by atoms with Crippen LogP contribution in [0.15, 0.2) is 23.7 Å². The van der Waals surface area contributed by atoms with Crippen molar-refractivity contribution in [1.82, 2.24) is 0 Å². The van der Waals surface area contributed by atoms with Gasteiger partial charge in [0.1, 0.15) is 0 Å². The van der Waals surface area contributed by atoms with E-state index in [0.717, 1.165) is 0 Å². The van der Waals surface area contributed by atoms with Gasteiger partial charge in [0.2, 0.25) is 0 Å². The Hall–Kier alpha value is -1.62. The Morgan fingerprint density at radius 3 is 1.58 bits per heavy atom. The average molecular weight is 270 g/mol. The SMILES string of the molecule is CC(=O)C=C(O)CCCOCCC/C(O)=C/C(C)=O. The highest BCUT2D eigenvalue weighted by Gasteiger charge is 1.98. The minimum absolute atomic E-state index is 0.0677. The first-order valence-electron chi connectivity index (χ1n) is 6.29. The number of hydrogen-bond donors (Lipinski definition) is 2. The molecule has 0 fully saturated rings. The maximum absolute atomic E-state index is 10.6.